The van der Waals surface area contributed by atoms with Crippen molar-refractivity contribution in [1.82, 2.24) is 0 Å². The standard InChI is InChI=1S/C48H80O20/c1-20(9-11-30(45(4,5)62)68-43-39(61)36(58)33(55)27(66-43)19-63-41-37(59)34(56)31(53)25(17-49)64-41)21-13-14-46(6)40-24(51)15-23-22(48(40,8)28(52)16-47(21,46)7)10-12-29(44(23,2)3)67-42-38(60)35(57)32(54)26(18-50)65-42/h15,20-22,25-43,49-50,52-62H,9-14,16-19H2,1-8H3/t20-,21-,22-,25-,26-,27-,28-,29+,30-,31-,32-,33-,34+,35+,36+,37-,38-,39-,40+,41-,42+,43+,46+,47-,48-/m1/s1. The van der Waals surface area contributed by atoms with E-state index in [4.69, 9.17) is 28.4 Å². The molecule has 0 amide bonds. The molecule has 68 heavy (non-hydrogen) atoms. The van der Waals surface area contributed by atoms with Crippen LogP contribution in [0.5, 0.6) is 0 Å². The molecule has 0 aromatic heterocycles. The summed E-state index contributed by atoms with van der Waals surface area (Å²) in [5.41, 5.74) is -3.24. The Kier molecular flexibility index (Phi) is 15.9. The van der Waals surface area contributed by atoms with Crippen molar-refractivity contribution in [3.05, 3.63) is 11.6 Å². The molecule has 7 rings (SSSR count). The molecule has 4 aliphatic carbocycles. The Morgan fingerprint density at radius 2 is 1.22 bits per heavy atom. The van der Waals surface area contributed by atoms with Gasteiger partial charge in [-0.3, -0.25) is 4.79 Å². The van der Waals surface area contributed by atoms with Crippen molar-refractivity contribution >= 4 is 5.78 Å². The van der Waals surface area contributed by atoms with Gasteiger partial charge in [0.25, 0.3) is 0 Å². The van der Waals surface area contributed by atoms with E-state index in [0.717, 1.165) is 18.4 Å². The summed E-state index contributed by atoms with van der Waals surface area (Å²) in [6, 6.07) is 0. The zero-order chi connectivity index (χ0) is 50.4. The van der Waals surface area contributed by atoms with Crippen molar-refractivity contribution in [2.24, 2.45) is 45.3 Å². The zero-order valence-electron chi connectivity index (χ0n) is 40.5. The molecular formula is C48H80O20. The van der Waals surface area contributed by atoms with Crippen molar-refractivity contribution in [1.29, 1.82) is 0 Å². The van der Waals surface area contributed by atoms with E-state index in [1.807, 2.05) is 20.8 Å². The molecule has 3 aliphatic heterocycles. The zero-order valence-corrected chi connectivity index (χ0v) is 40.5. The Hall–Kier alpha value is -1.35. The number of allylic oxidation sites excluding steroid dienone is 1. The Morgan fingerprint density at radius 3 is 1.79 bits per heavy atom. The third-order valence-electron chi connectivity index (χ3n) is 18.4. The molecule has 20 heteroatoms. The van der Waals surface area contributed by atoms with Gasteiger partial charge >= 0.3 is 0 Å². The maximum absolute atomic E-state index is 14.8. The molecule has 0 aromatic rings. The normalized spacial score (nSPS) is 50.4. The number of carbonyl (C=O) groups excluding carboxylic acids is 1. The molecule has 0 radical (unpaired) electrons. The van der Waals surface area contributed by atoms with Gasteiger partial charge < -0.3 is 94.8 Å². The van der Waals surface area contributed by atoms with Crippen LogP contribution in [0.25, 0.3) is 0 Å². The van der Waals surface area contributed by atoms with E-state index >= 15 is 0 Å². The van der Waals surface area contributed by atoms with Crippen LogP contribution in [0.4, 0.5) is 0 Å². The van der Waals surface area contributed by atoms with Crippen LogP contribution in [0.15, 0.2) is 11.6 Å². The highest BCUT2D eigenvalue weighted by atomic mass is 16.7. The highest BCUT2D eigenvalue weighted by molar-refractivity contribution is 5.95. The fraction of sp³-hybridized carbons (Fsp3) is 0.938. The second kappa shape index (κ2) is 19.8. The molecule has 0 spiro atoms. The third kappa shape index (κ3) is 9.10. The second-order valence-electron chi connectivity index (χ2n) is 23.1. The van der Waals surface area contributed by atoms with Gasteiger partial charge in [-0.05, 0) is 93.5 Å². The number of hydrogen-bond acceptors (Lipinski definition) is 20. The lowest BCUT2D eigenvalue weighted by Crippen LogP contribution is -2.67. The van der Waals surface area contributed by atoms with Gasteiger partial charge in [0.1, 0.15) is 73.2 Å². The maximum atomic E-state index is 14.8. The van der Waals surface area contributed by atoms with Gasteiger partial charge in [-0.25, -0.2) is 0 Å². The Bertz CT molecular complexity index is 1790. The van der Waals surface area contributed by atoms with Crippen molar-refractivity contribution in [3.8, 4) is 0 Å². The lowest BCUT2D eigenvalue weighted by atomic mass is 9.38. The highest BCUT2D eigenvalue weighted by Gasteiger charge is 2.72. The van der Waals surface area contributed by atoms with Gasteiger partial charge in [-0.2, -0.15) is 0 Å². The summed E-state index contributed by atoms with van der Waals surface area (Å²) in [7, 11) is 0. The smallest absolute Gasteiger partial charge is 0.187 e. The molecule has 20 nitrogen and oxygen atoms in total. The van der Waals surface area contributed by atoms with E-state index in [1.165, 1.54) is 0 Å². The van der Waals surface area contributed by atoms with Gasteiger partial charge in [0.15, 0.2) is 24.7 Å². The van der Waals surface area contributed by atoms with Crippen LogP contribution in [0, 0.1) is 45.3 Å². The lowest BCUT2D eigenvalue weighted by Gasteiger charge is -2.66. The molecule has 3 saturated carbocycles. The number of fused-ring (bicyclic) bond motifs is 5. The Morgan fingerprint density at radius 1 is 0.691 bits per heavy atom. The summed E-state index contributed by atoms with van der Waals surface area (Å²) < 4.78 is 35.1. The van der Waals surface area contributed by atoms with E-state index in [1.54, 1.807) is 19.9 Å². The first kappa shape index (κ1) is 54.4. The number of carbonyl (C=O) groups is 1. The summed E-state index contributed by atoms with van der Waals surface area (Å²) in [4.78, 5) is 14.8. The molecule has 25 atom stereocenters. The van der Waals surface area contributed by atoms with E-state index in [2.05, 4.69) is 20.8 Å². The van der Waals surface area contributed by atoms with Gasteiger partial charge in [0.2, 0.25) is 0 Å². The summed E-state index contributed by atoms with van der Waals surface area (Å²) in [6.45, 7) is 13.7. The quantitative estimate of drug-likeness (QED) is 0.0906. The molecule has 7 aliphatic rings. The molecule has 3 saturated heterocycles. The second-order valence-corrected chi connectivity index (χ2v) is 23.1. The maximum Gasteiger partial charge on any atom is 0.187 e. The van der Waals surface area contributed by atoms with E-state index < -0.39 is 163 Å². The first-order valence-electron chi connectivity index (χ1n) is 24.5. The van der Waals surface area contributed by atoms with Crippen LogP contribution >= 0.6 is 0 Å². The average molecular weight is 977 g/mol. The van der Waals surface area contributed by atoms with Gasteiger partial charge in [-0.15, -0.1) is 0 Å². The molecular weight excluding hydrogens is 897 g/mol. The van der Waals surface area contributed by atoms with E-state index in [9.17, 15) is 71.2 Å². The van der Waals surface area contributed by atoms with Crippen LogP contribution < -0.4 is 0 Å². The fourth-order valence-electron chi connectivity index (χ4n) is 14.0. The SMILES string of the molecule is C[C@H](CC[C@@H](O[C@@H]1O[C@H](CO[C@@H]2O[C@H](CO)[C@@H](O)[C@H](O)[C@H]2O)[C@@H](O)[C@H](O)[C@H]1O)C(C)(C)O)[C@H]1CC[C@@]2(C)[C@@H]3C(=O)C=C4[C@@H](CC[C@H](O[C@@H]5O[C@H](CO)[C@@H](O)[C@H](O)[C@H]5O)C4(C)C)[C@]3(C)[C@H](O)C[C@]12C. The van der Waals surface area contributed by atoms with Crippen LogP contribution in [-0.4, -0.2) is 208 Å². The molecule has 0 aromatic carbocycles. The first-order valence-corrected chi connectivity index (χ1v) is 24.5. The summed E-state index contributed by atoms with van der Waals surface area (Å²) in [5.74, 6) is -0.709. The number of ether oxygens (including phenoxy) is 6. The van der Waals surface area contributed by atoms with E-state index in [-0.39, 0.29) is 30.0 Å². The topological polar surface area (TPSA) is 335 Å². The van der Waals surface area contributed by atoms with Crippen LogP contribution in [0.3, 0.4) is 0 Å². The summed E-state index contributed by atoms with van der Waals surface area (Å²) in [6.07, 6.45) is -20.0. The Labute approximate surface area is 397 Å². The largest absolute Gasteiger partial charge is 0.394 e. The third-order valence-corrected chi connectivity index (χ3v) is 18.4. The fourth-order valence-corrected chi connectivity index (χ4v) is 14.0. The predicted octanol–water partition coefficient (Wildman–Crippen LogP) is -1.88. The van der Waals surface area contributed by atoms with Crippen molar-refractivity contribution in [2.75, 3.05) is 19.8 Å². The predicted molar refractivity (Wildman–Crippen MR) is 235 cm³/mol. The number of hydrogen-bond donors (Lipinski definition) is 13. The molecule has 0 unspecified atom stereocenters. The number of aliphatic hydroxyl groups excluding tert-OH is 12. The van der Waals surface area contributed by atoms with Crippen molar-refractivity contribution < 1.29 is 99.6 Å². The number of rotatable bonds is 14. The molecule has 13 N–H and O–H groups in total. The van der Waals surface area contributed by atoms with Gasteiger partial charge in [0.05, 0.1) is 43.7 Å². The van der Waals surface area contributed by atoms with Crippen LogP contribution in [-0.2, 0) is 33.2 Å². The Balaban J connectivity index is 1.03. The molecule has 0 bridgehead atoms. The number of ketones is 1. The van der Waals surface area contributed by atoms with E-state index in [0.29, 0.717) is 25.7 Å². The summed E-state index contributed by atoms with van der Waals surface area (Å²) >= 11 is 0. The van der Waals surface area contributed by atoms with Gasteiger partial charge in [0, 0.05) is 16.7 Å². The summed E-state index contributed by atoms with van der Waals surface area (Å²) in [5, 5.41) is 138. The van der Waals surface area contributed by atoms with Crippen LogP contribution in [0.1, 0.15) is 100 Å². The number of aliphatic hydroxyl groups is 13. The molecule has 6 fully saturated rings. The average Bonchev–Trinajstić information content (AvgIpc) is 3.54. The minimum Gasteiger partial charge on any atom is -0.394 e. The minimum absolute atomic E-state index is 0.00476. The lowest BCUT2D eigenvalue weighted by molar-refractivity contribution is -0.341. The van der Waals surface area contributed by atoms with Crippen molar-refractivity contribution in [3.63, 3.8) is 0 Å². The highest BCUT2D eigenvalue weighted by Crippen LogP contribution is 2.74. The van der Waals surface area contributed by atoms with Crippen molar-refractivity contribution in [2.45, 2.75) is 216 Å². The monoisotopic (exact) mass is 977 g/mol. The first-order chi connectivity index (χ1) is 31.6. The van der Waals surface area contributed by atoms with Crippen LogP contribution in [0.2, 0.25) is 0 Å². The molecule has 392 valence electrons. The molecule has 3 heterocycles. The minimum atomic E-state index is -1.78. The van der Waals surface area contributed by atoms with Gasteiger partial charge in [-0.1, -0.05) is 47.1 Å².